The third kappa shape index (κ3) is 26.0. The van der Waals surface area contributed by atoms with Gasteiger partial charge in [-0.15, -0.1) is 0 Å². The van der Waals surface area contributed by atoms with Crippen molar-refractivity contribution >= 4 is 29.1 Å². The molecule has 0 spiro atoms. The Kier molecular flexibility index (Phi) is 31.4. The van der Waals surface area contributed by atoms with E-state index < -0.39 is 160 Å². The SMILES string of the molecule is CNc1ccc(C(=O)CC(O)CCC(C)C2OC(=O)CC(O)CC(=O)CC(O)CC(O)CC(O)CC(O)CC3(O)CC(O)C(C(=O)NCCN(C)C)C(CC(O[C@H]4O[C@@H](C)[C@H](O)[C@@H](N)[C@H]4O)/C=C/C=C/C=C/C=C/C=C/C=C/C=C/C2C)O3)cc1. The fourth-order valence-corrected chi connectivity index (χ4v) is 10.6. The quantitative estimate of drug-likeness (QED) is 0.0939. The number of anilines is 1. The molecule has 476 valence electrons. The highest BCUT2D eigenvalue weighted by Gasteiger charge is 2.51. The highest BCUT2D eigenvalue weighted by molar-refractivity contribution is 5.96. The van der Waals surface area contributed by atoms with Gasteiger partial charge in [0.1, 0.15) is 18.0 Å². The Morgan fingerprint density at radius 3 is 1.91 bits per heavy atom. The third-order valence-electron chi connectivity index (χ3n) is 15.2. The van der Waals surface area contributed by atoms with E-state index >= 15 is 0 Å². The Labute approximate surface area is 500 Å². The molecule has 3 aliphatic heterocycles. The topological polar surface area (TPSA) is 361 Å². The maximum atomic E-state index is 13.8. The first-order valence-corrected chi connectivity index (χ1v) is 29.5. The largest absolute Gasteiger partial charge is 0.461 e. The number of fused-ring (bicyclic) bond motifs is 2. The van der Waals surface area contributed by atoms with Gasteiger partial charge >= 0.3 is 5.97 Å². The van der Waals surface area contributed by atoms with Crippen LogP contribution in [0.5, 0.6) is 0 Å². The van der Waals surface area contributed by atoms with Crippen LogP contribution in [0.3, 0.4) is 0 Å². The molecule has 0 radical (unpaired) electrons. The second kappa shape index (κ2) is 36.9. The molecule has 1 aromatic rings. The third-order valence-corrected chi connectivity index (χ3v) is 15.2. The van der Waals surface area contributed by atoms with E-state index in [-0.39, 0.29) is 56.3 Å². The van der Waals surface area contributed by atoms with Crippen molar-refractivity contribution in [2.24, 2.45) is 23.5 Å². The molecule has 1 amide bonds. The molecule has 14 N–H and O–H groups in total. The number of rotatable bonds is 14. The van der Waals surface area contributed by atoms with Gasteiger partial charge in [0.05, 0.1) is 85.5 Å². The van der Waals surface area contributed by atoms with Crippen LogP contribution in [0.2, 0.25) is 0 Å². The van der Waals surface area contributed by atoms with Crippen LogP contribution in [0.1, 0.15) is 108 Å². The first kappa shape index (κ1) is 72.4. The lowest BCUT2D eigenvalue weighted by molar-refractivity contribution is -0.307. The number of allylic oxidation sites excluding steroid dienone is 12. The molecule has 85 heavy (non-hydrogen) atoms. The zero-order chi connectivity index (χ0) is 62.8. The summed E-state index contributed by atoms with van der Waals surface area (Å²) in [5, 5.41) is 117. The van der Waals surface area contributed by atoms with Crippen molar-refractivity contribution < 1.29 is 89.2 Å². The van der Waals surface area contributed by atoms with Gasteiger partial charge in [0.2, 0.25) is 5.91 Å². The molecule has 1 aromatic carbocycles. The summed E-state index contributed by atoms with van der Waals surface area (Å²) in [5.41, 5.74) is 7.44. The van der Waals surface area contributed by atoms with Gasteiger partial charge in [-0.05, 0) is 83.3 Å². The van der Waals surface area contributed by atoms with Crippen LogP contribution in [0.15, 0.2) is 109 Å². The number of hydrogen-bond acceptors (Lipinski definition) is 21. The number of Topliss-reactive ketones (excluding diaryl/α,β-unsaturated/α-hetero) is 2. The number of ketones is 2. The van der Waals surface area contributed by atoms with Gasteiger partial charge in [0.25, 0.3) is 0 Å². The predicted molar refractivity (Wildman–Crippen MR) is 319 cm³/mol. The van der Waals surface area contributed by atoms with Gasteiger partial charge in [-0.1, -0.05) is 98.9 Å². The van der Waals surface area contributed by atoms with E-state index in [0.717, 1.165) is 5.69 Å². The number of carbonyl (C=O) groups excluding carboxylic acids is 4. The number of likely N-dealkylation sites (N-methyl/N-ethyl adjacent to an activating group) is 1. The Balaban J connectivity index is 1.58. The summed E-state index contributed by atoms with van der Waals surface area (Å²) >= 11 is 0. The molecule has 2 saturated heterocycles. The molecular weight excluding hydrogens is 1100 g/mol. The lowest BCUT2D eigenvalue weighted by Gasteiger charge is -2.46. The average Bonchev–Trinajstić information content (AvgIpc) is 1.84. The lowest BCUT2D eigenvalue weighted by Crippen LogP contribution is -2.62. The summed E-state index contributed by atoms with van der Waals surface area (Å²) in [6.07, 6.45) is 3.33. The number of nitrogens with one attached hydrogen (secondary N) is 2. The van der Waals surface area contributed by atoms with E-state index in [9.17, 15) is 70.2 Å². The van der Waals surface area contributed by atoms with Gasteiger partial charge in [-0.25, -0.2) is 0 Å². The number of benzene rings is 1. The van der Waals surface area contributed by atoms with Gasteiger partial charge in [0, 0.05) is 75.8 Å². The smallest absolute Gasteiger partial charge is 0.308 e. The fraction of sp³-hybridized carbons (Fsp3) is 0.619. The molecule has 2 bridgehead atoms. The molecule has 14 unspecified atom stereocenters. The molecule has 3 heterocycles. The number of hydrogen-bond donors (Lipinski definition) is 13. The van der Waals surface area contributed by atoms with E-state index in [1.54, 1.807) is 117 Å². The Morgan fingerprint density at radius 2 is 1.31 bits per heavy atom. The van der Waals surface area contributed by atoms with E-state index in [1.807, 2.05) is 38.9 Å². The van der Waals surface area contributed by atoms with E-state index in [0.29, 0.717) is 18.5 Å². The summed E-state index contributed by atoms with van der Waals surface area (Å²) < 4.78 is 24.3. The van der Waals surface area contributed by atoms with E-state index in [4.69, 9.17) is 24.7 Å². The predicted octanol–water partition coefficient (Wildman–Crippen LogP) is 2.34. The Hall–Kier alpha value is -5.12. The number of nitrogens with two attached hydrogens (primary N) is 1. The number of amides is 1. The minimum atomic E-state index is -2.28. The zero-order valence-electron chi connectivity index (χ0n) is 49.9. The highest BCUT2D eigenvalue weighted by Crippen LogP contribution is 2.38. The molecule has 0 saturated carbocycles. The molecular formula is C63H96N4O18. The standard InChI is InChI=1S/C63H96N4O18/c1-39-19-17-15-13-11-9-7-8-10-12-14-16-18-20-51(83-62-59(79)57(64)58(78)41(3)82-62)36-54-56(61(80)66-27-28-67(5)6)53(76)38-63(81,85-54)37-50(74)33-48(72)31-46(70)29-45(69)30-47(71)32-49(73)35-55(77)84-60(39)40(2)21-26-44(68)34-52(75)42-22-24-43(65-4)25-23-42/h7-20,22-25,39-41,44-46,48-51,53-54,56-60,62,65,68-70,72-74,76,78-79,81H,21,26-38,64H2,1-6H3,(H,66,80)/b8-7+,11-9+,12-10+,15-13+,16-14+,19-17+,20-18+/t39?,40?,41-,44?,45?,46?,48?,49?,50?,51?,53?,54?,56?,57+,58-,59+,60?,62+,63?/m0/s1. The Morgan fingerprint density at radius 1 is 0.741 bits per heavy atom. The number of esters is 1. The summed E-state index contributed by atoms with van der Waals surface area (Å²) in [5.74, 6) is -6.46. The lowest BCUT2D eigenvalue weighted by atomic mass is 9.82. The van der Waals surface area contributed by atoms with Crippen molar-refractivity contribution in [1.82, 2.24) is 10.2 Å². The van der Waals surface area contributed by atoms with Gasteiger partial charge in [0.15, 0.2) is 17.9 Å². The van der Waals surface area contributed by atoms with Crippen LogP contribution in [0.25, 0.3) is 0 Å². The molecule has 2 fully saturated rings. The van der Waals surface area contributed by atoms with Gasteiger partial charge in [-0.2, -0.15) is 0 Å². The monoisotopic (exact) mass is 1200 g/mol. The normalized spacial score (nSPS) is 36.5. The van der Waals surface area contributed by atoms with Crippen LogP contribution in [-0.4, -0.2) is 211 Å². The Bertz CT molecular complexity index is 2410. The summed E-state index contributed by atoms with van der Waals surface area (Å²) in [6, 6.07) is 5.78. The minimum Gasteiger partial charge on any atom is -0.461 e. The number of cyclic esters (lactones) is 1. The summed E-state index contributed by atoms with van der Waals surface area (Å²) in [4.78, 5) is 55.0. The number of aliphatic hydroxyl groups is 10. The number of ether oxygens (including phenoxy) is 4. The second-order valence-corrected chi connectivity index (χ2v) is 23.2. The van der Waals surface area contributed by atoms with Crippen LogP contribution in [0, 0.1) is 17.8 Å². The van der Waals surface area contributed by atoms with Crippen LogP contribution in [0.4, 0.5) is 5.69 Å². The van der Waals surface area contributed by atoms with Crippen LogP contribution >= 0.6 is 0 Å². The van der Waals surface area contributed by atoms with Crippen molar-refractivity contribution in [3.05, 3.63) is 115 Å². The average molecular weight is 1200 g/mol. The molecule has 0 aromatic heterocycles. The van der Waals surface area contributed by atoms with Crippen molar-refractivity contribution in [3.63, 3.8) is 0 Å². The van der Waals surface area contributed by atoms with Crippen molar-refractivity contribution in [3.8, 4) is 0 Å². The van der Waals surface area contributed by atoms with E-state index in [1.165, 1.54) is 0 Å². The molecule has 22 heteroatoms. The second-order valence-electron chi connectivity index (χ2n) is 23.2. The zero-order valence-corrected chi connectivity index (χ0v) is 49.9. The van der Waals surface area contributed by atoms with Crippen LogP contribution < -0.4 is 16.4 Å². The number of carbonyl (C=O) groups is 4. The molecule has 4 rings (SSSR count). The molecule has 22 nitrogen and oxygen atoms in total. The summed E-state index contributed by atoms with van der Waals surface area (Å²) in [7, 11) is 5.40. The van der Waals surface area contributed by atoms with Crippen LogP contribution in [-0.2, 0) is 33.3 Å². The van der Waals surface area contributed by atoms with Gasteiger partial charge in [-0.3, -0.25) is 19.2 Å². The first-order valence-electron chi connectivity index (χ1n) is 29.5. The van der Waals surface area contributed by atoms with E-state index in [2.05, 4.69) is 10.6 Å². The highest BCUT2D eigenvalue weighted by atomic mass is 16.7. The molecule has 0 aliphatic carbocycles. The number of nitrogens with zero attached hydrogens (tertiary/aromatic N) is 1. The molecule has 19 atom stereocenters. The van der Waals surface area contributed by atoms with Crippen molar-refractivity contribution in [2.45, 2.75) is 195 Å². The van der Waals surface area contributed by atoms with Crippen molar-refractivity contribution in [2.75, 3.05) is 39.5 Å². The molecule has 3 aliphatic rings. The van der Waals surface area contributed by atoms with Crippen molar-refractivity contribution in [1.29, 1.82) is 0 Å². The maximum absolute atomic E-state index is 13.8. The first-order chi connectivity index (χ1) is 40.3. The fourth-order valence-electron chi connectivity index (χ4n) is 10.6. The summed E-state index contributed by atoms with van der Waals surface area (Å²) in [6.45, 7) is 5.94. The number of aliphatic hydroxyl groups excluding tert-OH is 9. The van der Waals surface area contributed by atoms with Gasteiger partial charge < -0.3 is 91.3 Å². The minimum absolute atomic E-state index is 0.102. The maximum Gasteiger partial charge on any atom is 0.308 e.